The van der Waals surface area contributed by atoms with E-state index < -0.39 is 35.8 Å². The summed E-state index contributed by atoms with van der Waals surface area (Å²) in [5.41, 5.74) is 6.90. The monoisotopic (exact) mass is 467 g/mol. The zero-order chi connectivity index (χ0) is 21.7. The van der Waals surface area contributed by atoms with Crippen LogP contribution in [0.25, 0.3) is 11.3 Å². The second-order valence-electron chi connectivity index (χ2n) is 7.30. The number of carboxylic acid groups (broad SMARTS) is 1. The maximum Gasteiger partial charge on any atom is 1.00 e. The number of nitrogens with zero attached hydrogens (tertiary/aromatic N) is 2. The molecule has 0 bridgehead atoms. The molecular formula is C20H18N3NaO5S2. The number of aromatic nitrogens is 1. The standard InChI is InChI=1S/C20H19N3O5S2.Na/c1-8-14-13(9(2)24)18(26)23(14)15(19(27)28)16(8)30-20-22-12(7-29-20)10-4-3-5-11(6-10)17(21)25;/h3-9,13-14,24H,1-2H3,(H2,21,25)(H,27,28);/q;+1/p-1. The summed E-state index contributed by atoms with van der Waals surface area (Å²) in [6.07, 6.45) is -0.863. The minimum atomic E-state index is -1.42. The van der Waals surface area contributed by atoms with Gasteiger partial charge in [-0.05, 0) is 19.1 Å². The normalized spacial score (nSPS) is 23.1. The molecule has 4 atom stereocenters. The van der Waals surface area contributed by atoms with E-state index in [9.17, 15) is 24.6 Å². The summed E-state index contributed by atoms with van der Waals surface area (Å²) < 4.78 is 0.596. The molecule has 11 heteroatoms. The van der Waals surface area contributed by atoms with Crippen LogP contribution in [0.15, 0.2) is 44.6 Å². The van der Waals surface area contributed by atoms with Gasteiger partial charge in [-0.25, -0.2) is 4.98 Å². The van der Waals surface area contributed by atoms with Gasteiger partial charge in [0.2, 0.25) is 11.8 Å². The Labute approximate surface area is 208 Å². The Kier molecular flexibility index (Phi) is 6.99. The van der Waals surface area contributed by atoms with Gasteiger partial charge in [0, 0.05) is 27.3 Å². The van der Waals surface area contributed by atoms with Crippen molar-refractivity contribution in [3.05, 3.63) is 45.8 Å². The Morgan fingerprint density at radius 2 is 2.10 bits per heavy atom. The molecule has 3 heterocycles. The number of aliphatic hydroxyl groups is 1. The van der Waals surface area contributed by atoms with E-state index in [4.69, 9.17) is 5.73 Å². The summed E-state index contributed by atoms with van der Waals surface area (Å²) in [4.78, 5) is 41.9. The van der Waals surface area contributed by atoms with E-state index in [0.717, 1.165) is 5.56 Å². The molecule has 8 nitrogen and oxygen atoms in total. The SMILES string of the molecule is CC(O)C1C(=O)N2C(C(=O)[O-])=C(Sc3nc(-c4cccc(C(N)=O)c4)cs3)C(C)C12.[Na+]. The third-order valence-corrected chi connectivity index (χ3v) is 7.65. The molecule has 0 spiro atoms. The van der Waals surface area contributed by atoms with E-state index in [2.05, 4.69) is 4.98 Å². The van der Waals surface area contributed by atoms with E-state index >= 15 is 0 Å². The number of rotatable bonds is 6. The first kappa shape index (κ1) is 24.0. The van der Waals surface area contributed by atoms with Gasteiger partial charge in [0.1, 0.15) is 0 Å². The average molecular weight is 468 g/mol. The largest absolute Gasteiger partial charge is 1.00 e. The van der Waals surface area contributed by atoms with Crippen LogP contribution < -0.4 is 40.4 Å². The van der Waals surface area contributed by atoms with Gasteiger partial charge in [-0.2, -0.15) is 0 Å². The van der Waals surface area contributed by atoms with Gasteiger partial charge < -0.3 is 25.6 Å². The van der Waals surface area contributed by atoms with Crippen molar-refractivity contribution >= 4 is 40.9 Å². The number of hydrogen-bond acceptors (Lipinski definition) is 8. The number of primary amides is 1. The molecular weight excluding hydrogens is 449 g/mol. The molecule has 156 valence electrons. The predicted molar refractivity (Wildman–Crippen MR) is 109 cm³/mol. The minimum Gasteiger partial charge on any atom is -0.543 e. The van der Waals surface area contributed by atoms with Crippen molar-refractivity contribution in [2.45, 2.75) is 30.3 Å². The van der Waals surface area contributed by atoms with Gasteiger partial charge in [0.15, 0.2) is 4.34 Å². The second kappa shape index (κ2) is 9.05. The molecule has 0 aliphatic carbocycles. The third kappa shape index (κ3) is 4.08. The van der Waals surface area contributed by atoms with Crippen LogP contribution in [-0.4, -0.2) is 44.9 Å². The molecule has 4 unspecified atom stereocenters. The number of thiazole rings is 1. The number of benzene rings is 1. The number of amides is 2. The molecule has 0 saturated carbocycles. The number of aliphatic carboxylic acids is 1. The molecule has 4 rings (SSSR count). The molecule has 1 aromatic heterocycles. The van der Waals surface area contributed by atoms with Crippen LogP contribution in [0.2, 0.25) is 0 Å². The van der Waals surface area contributed by atoms with Crippen LogP contribution in [0, 0.1) is 11.8 Å². The van der Waals surface area contributed by atoms with Crippen molar-refractivity contribution in [2.24, 2.45) is 17.6 Å². The summed E-state index contributed by atoms with van der Waals surface area (Å²) in [7, 11) is 0. The molecule has 2 aliphatic rings. The molecule has 2 aromatic rings. The van der Waals surface area contributed by atoms with Crippen LogP contribution in [0.1, 0.15) is 24.2 Å². The molecule has 0 radical (unpaired) electrons. The van der Waals surface area contributed by atoms with Gasteiger partial charge in [-0.15, -0.1) is 11.3 Å². The van der Waals surface area contributed by atoms with E-state index in [0.29, 0.717) is 20.5 Å². The predicted octanol–water partition coefficient (Wildman–Crippen LogP) is -2.18. The smallest absolute Gasteiger partial charge is 0.543 e. The van der Waals surface area contributed by atoms with Crippen molar-refractivity contribution in [3.63, 3.8) is 0 Å². The first-order chi connectivity index (χ1) is 14.2. The summed E-state index contributed by atoms with van der Waals surface area (Å²) in [5.74, 6) is -3.26. The fraction of sp³-hybridized carbons (Fsp3) is 0.300. The van der Waals surface area contributed by atoms with Crippen molar-refractivity contribution in [1.29, 1.82) is 0 Å². The summed E-state index contributed by atoms with van der Waals surface area (Å²) >= 11 is 2.51. The summed E-state index contributed by atoms with van der Waals surface area (Å²) in [6, 6.07) is 6.38. The summed E-state index contributed by atoms with van der Waals surface area (Å²) in [5, 5.41) is 23.5. The van der Waals surface area contributed by atoms with Crippen molar-refractivity contribution in [1.82, 2.24) is 9.88 Å². The number of nitrogens with two attached hydrogens (primary N) is 1. The Morgan fingerprint density at radius 3 is 2.71 bits per heavy atom. The van der Waals surface area contributed by atoms with E-state index in [1.807, 2.05) is 6.92 Å². The first-order valence-corrected chi connectivity index (χ1v) is 10.9. The molecule has 1 fully saturated rings. The third-order valence-electron chi connectivity index (χ3n) is 5.43. The molecule has 2 aliphatic heterocycles. The Morgan fingerprint density at radius 1 is 1.39 bits per heavy atom. The zero-order valence-electron chi connectivity index (χ0n) is 17.1. The van der Waals surface area contributed by atoms with E-state index in [-0.39, 0.29) is 41.2 Å². The number of β-lactam (4-membered cyclic amide) rings is 1. The molecule has 2 amide bonds. The Balaban J connectivity index is 0.00000272. The van der Waals surface area contributed by atoms with E-state index in [1.54, 1.807) is 29.6 Å². The van der Waals surface area contributed by atoms with Gasteiger partial charge in [-0.3, -0.25) is 9.59 Å². The number of carboxylic acids is 1. The first-order valence-electron chi connectivity index (χ1n) is 9.21. The Bertz CT molecular complexity index is 1100. The maximum atomic E-state index is 12.4. The quantitative estimate of drug-likeness (QED) is 0.364. The fourth-order valence-electron chi connectivity index (χ4n) is 4.01. The van der Waals surface area contributed by atoms with Crippen molar-refractivity contribution < 1.29 is 54.2 Å². The van der Waals surface area contributed by atoms with Gasteiger partial charge >= 0.3 is 29.6 Å². The van der Waals surface area contributed by atoms with Crippen molar-refractivity contribution in [3.8, 4) is 11.3 Å². The average Bonchev–Trinajstić information content (AvgIpc) is 3.24. The van der Waals surface area contributed by atoms with Crippen LogP contribution in [0.4, 0.5) is 0 Å². The number of hydrogen-bond donors (Lipinski definition) is 2. The zero-order valence-corrected chi connectivity index (χ0v) is 20.7. The number of carbonyl (C=O) groups excluding carboxylic acids is 3. The fourth-order valence-corrected chi connectivity index (χ4v) is 6.10. The molecule has 3 N–H and O–H groups in total. The maximum absolute atomic E-state index is 12.4. The molecule has 1 saturated heterocycles. The van der Waals surface area contributed by atoms with Crippen molar-refractivity contribution in [2.75, 3.05) is 0 Å². The number of aliphatic hydroxyl groups excluding tert-OH is 1. The second-order valence-corrected chi connectivity index (χ2v) is 9.45. The molecule has 1 aromatic carbocycles. The minimum absolute atomic E-state index is 0. The Hall–Kier alpha value is -1.69. The van der Waals surface area contributed by atoms with Gasteiger partial charge in [0.05, 0.1) is 35.4 Å². The topological polar surface area (TPSA) is 137 Å². The van der Waals surface area contributed by atoms with Crippen LogP contribution >= 0.6 is 23.1 Å². The van der Waals surface area contributed by atoms with Gasteiger partial charge in [0.25, 0.3) is 0 Å². The molecule has 31 heavy (non-hydrogen) atoms. The van der Waals surface area contributed by atoms with Crippen LogP contribution in [-0.2, 0) is 9.59 Å². The number of thioether (sulfide) groups is 1. The number of carbonyl (C=O) groups is 3. The van der Waals surface area contributed by atoms with Crippen LogP contribution in [0.5, 0.6) is 0 Å². The van der Waals surface area contributed by atoms with Gasteiger partial charge in [-0.1, -0.05) is 30.8 Å². The number of fused-ring (bicyclic) bond motifs is 1. The summed E-state index contributed by atoms with van der Waals surface area (Å²) in [6.45, 7) is 3.37. The van der Waals surface area contributed by atoms with Crippen LogP contribution in [0.3, 0.4) is 0 Å². The van der Waals surface area contributed by atoms with E-state index in [1.165, 1.54) is 34.9 Å².